The highest BCUT2D eigenvalue weighted by molar-refractivity contribution is 7.93. The van der Waals surface area contributed by atoms with E-state index in [4.69, 9.17) is 4.74 Å². The molecular weight excluding hydrogens is 433 g/mol. The van der Waals surface area contributed by atoms with Crippen molar-refractivity contribution in [3.8, 4) is 5.75 Å². The van der Waals surface area contributed by atoms with E-state index in [1.807, 2.05) is 6.92 Å². The molecule has 0 saturated heterocycles. The quantitative estimate of drug-likeness (QED) is 0.645. The van der Waals surface area contributed by atoms with Gasteiger partial charge in [-0.3, -0.25) is 9.10 Å². The van der Waals surface area contributed by atoms with E-state index in [1.54, 1.807) is 19.9 Å². The summed E-state index contributed by atoms with van der Waals surface area (Å²) in [5.41, 5.74) is -0.700. The standard InChI is InChI=1S/C21H25F3N2O4S/c1-5-15(3)25-20(27)13-26(17-8-6-7-16(12-17)21(22,23)24)31(28,29)19-11-14(2)9-10-18(19)30-4/h6-12,15H,5,13H2,1-4H3,(H,25,27)/t15-/m0/s1. The Labute approximate surface area is 180 Å². The van der Waals surface area contributed by atoms with Crippen LogP contribution in [0.2, 0.25) is 0 Å². The first-order chi connectivity index (χ1) is 14.4. The van der Waals surface area contributed by atoms with Gasteiger partial charge in [0.05, 0.1) is 18.4 Å². The van der Waals surface area contributed by atoms with Crippen molar-refractivity contribution in [2.75, 3.05) is 18.0 Å². The number of alkyl halides is 3. The van der Waals surface area contributed by atoms with Gasteiger partial charge in [0.15, 0.2) is 0 Å². The molecule has 0 radical (unpaired) electrons. The largest absolute Gasteiger partial charge is 0.495 e. The molecule has 0 saturated carbocycles. The van der Waals surface area contributed by atoms with Crippen LogP contribution in [0.5, 0.6) is 5.75 Å². The fourth-order valence-corrected chi connectivity index (χ4v) is 4.47. The Balaban J connectivity index is 2.62. The lowest BCUT2D eigenvalue weighted by molar-refractivity contribution is -0.137. The minimum Gasteiger partial charge on any atom is -0.495 e. The zero-order valence-corrected chi connectivity index (χ0v) is 18.5. The highest BCUT2D eigenvalue weighted by Gasteiger charge is 2.34. The number of benzene rings is 2. The summed E-state index contributed by atoms with van der Waals surface area (Å²) in [5.74, 6) is -0.619. The number of sulfonamides is 1. The zero-order valence-electron chi connectivity index (χ0n) is 17.7. The smallest absolute Gasteiger partial charge is 0.416 e. The molecule has 0 aliphatic heterocycles. The third-order valence-electron chi connectivity index (χ3n) is 4.66. The number of anilines is 1. The van der Waals surface area contributed by atoms with Crippen LogP contribution in [0, 0.1) is 6.92 Å². The van der Waals surface area contributed by atoms with E-state index in [2.05, 4.69) is 5.32 Å². The van der Waals surface area contributed by atoms with E-state index < -0.39 is 34.2 Å². The van der Waals surface area contributed by atoms with Gasteiger partial charge in [0.1, 0.15) is 17.2 Å². The van der Waals surface area contributed by atoms with Gasteiger partial charge in [-0.2, -0.15) is 13.2 Å². The van der Waals surface area contributed by atoms with Gasteiger partial charge in [-0.1, -0.05) is 19.1 Å². The molecule has 10 heteroatoms. The van der Waals surface area contributed by atoms with Crippen LogP contribution < -0.4 is 14.4 Å². The molecule has 0 heterocycles. The predicted octanol–water partition coefficient (Wildman–Crippen LogP) is 4.13. The molecule has 170 valence electrons. The van der Waals surface area contributed by atoms with Crippen molar-refractivity contribution in [3.63, 3.8) is 0 Å². The second-order valence-corrected chi connectivity index (χ2v) is 8.92. The molecule has 31 heavy (non-hydrogen) atoms. The van der Waals surface area contributed by atoms with Crippen molar-refractivity contribution in [1.82, 2.24) is 5.32 Å². The molecule has 0 aliphatic carbocycles. The Kier molecular flexibility index (Phi) is 7.58. The van der Waals surface area contributed by atoms with Gasteiger partial charge in [0.2, 0.25) is 5.91 Å². The summed E-state index contributed by atoms with van der Waals surface area (Å²) in [7, 11) is -3.15. The lowest BCUT2D eigenvalue weighted by Gasteiger charge is -2.26. The maximum Gasteiger partial charge on any atom is 0.416 e. The molecule has 1 amide bonds. The maximum atomic E-state index is 13.5. The lowest BCUT2D eigenvalue weighted by atomic mass is 10.2. The Morgan fingerprint density at radius 1 is 1.19 bits per heavy atom. The summed E-state index contributed by atoms with van der Waals surface area (Å²) in [6.45, 7) is 4.56. The number of hydrogen-bond acceptors (Lipinski definition) is 4. The van der Waals surface area contributed by atoms with Gasteiger partial charge in [-0.05, 0) is 56.2 Å². The van der Waals surface area contributed by atoms with E-state index >= 15 is 0 Å². The molecule has 0 bridgehead atoms. The third-order valence-corrected chi connectivity index (χ3v) is 6.45. The molecule has 1 N–H and O–H groups in total. The number of amides is 1. The van der Waals surface area contributed by atoms with Gasteiger partial charge >= 0.3 is 6.18 Å². The van der Waals surface area contributed by atoms with Gasteiger partial charge < -0.3 is 10.1 Å². The summed E-state index contributed by atoms with van der Waals surface area (Å²) in [5, 5.41) is 2.64. The molecule has 0 aliphatic rings. The number of carbonyl (C=O) groups excluding carboxylic acids is 1. The topological polar surface area (TPSA) is 75.7 Å². The van der Waals surface area contributed by atoms with Crippen molar-refractivity contribution in [2.45, 2.75) is 44.3 Å². The molecule has 2 aromatic carbocycles. The maximum absolute atomic E-state index is 13.5. The molecule has 6 nitrogen and oxygen atoms in total. The van der Waals surface area contributed by atoms with Crippen LogP contribution in [0.4, 0.5) is 18.9 Å². The number of hydrogen-bond donors (Lipinski definition) is 1. The van der Waals surface area contributed by atoms with E-state index in [0.717, 1.165) is 12.1 Å². The van der Waals surface area contributed by atoms with Crippen LogP contribution in [-0.2, 0) is 21.0 Å². The van der Waals surface area contributed by atoms with Gasteiger partial charge in [-0.25, -0.2) is 8.42 Å². The van der Waals surface area contributed by atoms with Gasteiger partial charge in [0.25, 0.3) is 10.0 Å². The first kappa shape index (κ1) is 24.5. The van der Waals surface area contributed by atoms with Gasteiger partial charge in [0, 0.05) is 6.04 Å². The normalized spacial score (nSPS) is 12.9. The first-order valence-electron chi connectivity index (χ1n) is 9.54. The second kappa shape index (κ2) is 9.59. The van der Waals surface area contributed by atoms with E-state index in [9.17, 15) is 26.4 Å². The van der Waals surface area contributed by atoms with Crippen molar-refractivity contribution in [1.29, 1.82) is 0 Å². The monoisotopic (exact) mass is 458 g/mol. The SMILES string of the molecule is CC[C@H](C)NC(=O)CN(c1cccc(C(F)(F)F)c1)S(=O)(=O)c1cc(C)ccc1OC. The van der Waals surface area contributed by atoms with Crippen LogP contribution in [0.3, 0.4) is 0 Å². The van der Waals surface area contributed by atoms with Crippen LogP contribution in [-0.4, -0.2) is 34.0 Å². The zero-order chi connectivity index (χ0) is 23.4. The van der Waals surface area contributed by atoms with Crippen molar-refractivity contribution in [3.05, 3.63) is 53.6 Å². The Morgan fingerprint density at radius 3 is 2.45 bits per heavy atom. The average molecular weight is 459 g/mol. The molecule has 0 spiro atoms. The number of rotatable bonds is 8. The summed E-state index contributed by atoms with van der Waals surface area (Å²) < 4.78 is 72.5. The molecular formula is C21H25F3N2O4S. The van der Waals surface area contributed by atoms with Crippen molar-refractivity contribution < 1.29 is 31.1 Å². The summed E-state index contributed by atoms with van der Waals surface area (Å²) in [6.07, 6.45) is -4.07. The molecule has 2 rings (SSSR count). The minimum atomic E-state index is -4.68. The highest BCUT2D eigenvalue weighted by Crippen LogP contribution is 2.35. The van der Waals surface area contributed by atoms with E-state index in [-0.39, 0.29) is 22.4 Å². The first-order valence-corrected chi connectivity index (χ1v) is 11.0. The Hall–Kier alpha value is -2.75. The number of carbonyl (C=O) groups is 1. The fraction of sp³-hybridized carbons (Fsp3) is 0.381. The predicted molar refractivity (Wildman–Crippen MR) is 112 cm³/mol. The molecule has 0 aromatic heterocycles. The Bertz CT molecular complexity index is 1040. The Morgan fingerprint density at radius 2 is 1.87 bits per heavy atom. The van der Waals surface area contributed by atoms with E-state index in [1.165, 1.54) is 25.3 Å². The number of nitrogens with one attached hydrogen (secondary N) is 1. The summed E-state index contributed by atoms with van der Waals surface area (Å²) >= 11 is 0. The van der Waals surface area contributed by atoms with Crippen LogP contribution in [0.15, 0.2) is 47.4 Å². The number of ether oxygens (including phenoxy) is 1. The average Bonchev–Trinajstić information content (AvgIpc) is 2.71. The fourth-order valence-electron chi connectivity index (χ4n) is 2.81. The molecule has 2 aromatic rings. The molecule has 0 unspecified atom stereocenters. The number of methoxy groups -OCH3 is 1. The molecule has 1 atom stereocenters. The number of halogens is 3. The minimum absolute atomic E-state index is 0.0184. The summed E-state index contributed by atoms with van der Waals surface area (Å²) in [6, 6.07) is 8.06. The third kappa shape index (κ3) is 5.90. The van der Waals surface area contributed by atoms with Crippen LogP contribution in [0.1, 0.15) is 31.4 Å². The van der Waals surface area contributed by atoms with Crippen molar-refractivity contribution >= 4 is 21.6 Å². The molecule has 0 fully saturated rings. The summed E-state index contributed by atoms with van der Waals surface area (Å²) in [4.78, 5) is 12.3. The van der Waals surface area contributed by atoms with Gasteiger partial charge in [-0.15, -0.1) is 0 Å². The van der Waals surface area contributed by atoms with E-state index in [0.29, 0.717) is 22.4 Å². The number of aryl methyl sites for hydroxylation is 1. The number of nitrogens with zero attached hydrogens (tertiary/aromatic N) is 1. The highest BCUT2D eigenvalue weighted by atomic mass is 32.2. The second-order valence-electron chi connectivity index (χ2n) is 7.09. The lowest BCUT2D eigenvalue weighted by Crippen LogP contribution is -2.43. The van der Waals surface area contributed by atoms with Crippen LogP contribution in [0.25, 0.3) is 0 Å². The van der Waals surface area contributed by atoms with Crippen LogP contribution >= 0.6 is 0 Å². The van der Waals surface area contributed by atoms with Crippen molar-refractivity contribution in [2.24, 2.45) is 0 Å².